The van der Waals surface area contributed by atoms with Crippen LogP contribution in [0.3, 0.4) is 0 Å². The van der Waals surface area contributed by atoms with Gasteiger partial charge in [-0.05, 0) is 46.5 Å². The van der Waals surface area contributed by atoms with Crippen LogP contribution in [0.15, 0.2) is 18.2 Å². The van der Waals surface area contributed by atoms with Crippen molar-refractivity contribution in [3.63, 3.8) is 0 Å². The van der Waals surface area contributed by atoms with Gasteiger partial charge in [-0.3, -0.25) is 4.79 Å². The molecule has 2 fully saturated rings. The van der Waals surface area contributed by atoms with Crippen LogP contribution in [0.2, 0.25) is 5.02 Å². The maximum atomic E-state index is 15.0. The van der Waals surface area contributed by atoms with Crippen LogP contribution >= 0.6 is 11.6 Å². The summed E-state index contributed by atoms with van der Waals surface area (Å²) in [4.78, 5) is 24.8. The Morgan fingerprint density at radius 1 is 1.31 bits per heavy atom. The molecule has 0 saturated carbocycles. The Morgan fingerprint density at radius 2 is 2.09 bits per heavy atom. The number of phenols is 1. The number of hydrogen-bond donors (Lipinski definition) is 2. The van der Waals surface area contributed by atoms with E-state index in [1.807, 2.05) is 19.0 Å². The number of ether oxygens (including phenoxy) is 1. The number of aromatic hydroxyl groups is 1. The highest BCUT2D eigenvalue weighted by Crippen LogP contribution is 2.48. The number of carbonyl (C=O) groups excluding carboxylic acids is 1. The molecule has 2 atom stereocenters. The van der Waals surface area contributed by atoms with Gasteiger partial charge in [0.1, 0.15) is 40.3 Å². The van der Waals surface area contributed by atoms with E-state index in [0.29, 0.717) is 37.6 Å². The van der Waals surface area contributed by atoms with E-state index in [1.54, 1.807) is 0 Å². The number of aromatic nitrogens is 1. The van der Waals surface area contributed by atoms with Gasteiger partial charge in [-0.2, -0.15) is 0 Å². The maximum Gasteiger partial charge on any atom is 0.261 e. The van der Waals surface area contributed by atoms with Crippen LogP contribution in [0.5, 0.6) is 11.5 Å². The van der Waals surface area contributed by atoms with E-state index in [-0.39, 0.29) is 57.9 Å². The Bertz CT molecular complexity index is 1150. The number of benzene rings is 1. The molecule has 2 N–H and O–H groups in total. The van der Waals surface area contributed by atoms with Crippen molar-refractivity contribution >= 4 is 23.3 Å². The molecule has 0 radical (unpaired) electrons. The Morgan fingerprint density at radius 3 is 2.77 bits per heavy atom. The summed E-state index contributed by atoms with van der Waals surface area (Å²) in [6.07, 6.45) is 0.852. The van der Waals surface area contributed by atoms with Crippen molar-refractivity contribution in [2.45, 2.75) is 37.9 Å². The fraction of sp³-hybridized carbons (Fsp3) is 0.520. The van der Waals surface area contributed by atoms with Gasteiger partial charge in [-0.1, -0.05) is 17.7 Å². The number of pyridine rings is 1. The molecule has 5 rings (SSSR count). The van der Waals surface area contributed by atoms with E-state index in [0.717, 1.165) is 6.42 Å². The second-order valence-corrected chi connectivity index (χ2v) is 10.7. The van der Waals surface area contributed by atoms with Crippen LogP contribution in [-0.4, -0.2) is 90.3 Å². The van der Waals surface area contributed by atoms with Crippen LogP contribution in [0.1, 0.15) is 30.6 Å². The zero-order valence-corrected chi connectivity index (χ0v) is 21.2. The summed E-state index contributed by atoms with van der Waals surface area (Å²) in [7, 11) is 4.06. The summed E-state index contributed by atoms with van der Waals surface area (Å²) in [5.74, 6) is -0.530. The summed E-state index contributed by atoms with van der Waals surface area (Å²) in [6, 6.07) is 4.14. The topological polar surface area (TPSA) is 81.2 Å². The lowest BCUT2D eigenvalue weighted by Gasteiger charge is -2.36. The van der Waals surface area contributed by atoms with Crippen LogP contribution < -0.4 is 15.0 Å². The number of phenolic OH excluding ortho intramolecular Hbond substituents is 1. The maximum absolute atomic E-state index is 15.0. The molecule has 2 aromatic rings. The molecule has 3 aliphatic rings. The number of fused-ring (bicyclic) bond motifs is 2. The van der Waals surface area contributed by atoms with Crippen LogP contribution in [-0.2, 0) is 0 Å². The number of anilines is 1. The average Bonchev–Trinajstić information content (AvgIpc) is 3.05. The van der Waals surface area contributed by atoms with E-state index in [4.69, 9.17) is 21.3 Å². The summed E-state index contributed by atoms with van der Waals surface area (Å²) >= 11 is 6.79. The molecule has 3 aliphatic heterocycles. The highest BCUT2D eigenvalue weighted by Gasteiger charge is 2.45. The first-order valence-corrected chi connectivity index (χ1v) is 12.3. The van der Waals surface area contributed by atoms with E-state index in [2.05, 4.69) is 29.0 Å². The molecule has 0 bridgehead atoms. The predicted octanol–water partition coefficient (Wildman–Crippen LogP) is 2.97. The number of halogens is 2. The quantitative estimate of drug-likeness (QED) is 0.666. The van der Waals surface area contributed by atoms with Gasteiger partial charge in [0.25, 0.3) is 5.91 Å². The second kappa shape index (κ2) is 8.80. The smallest absolute Gasteiger partial charge is 0.261 e. The molecule has 1 aromatic carbocycles. The summed E-state index contributed by atoms with van der Waals surface area (Å²) in [6.45, 7) is 6.93. The second-order valence-electron chi connectivity index (χ2n) is 10.3. The molecule has 1 aromatic heterocycles. The van der Waals surface area contributed by atoms with Gasteiger partial charge >= 0.3 is 0 Å². The third kappa shape index (κ3) is 3.99. The Hall–Kier alpha value is -2.62. The van der Waals surface area contributed by atoms with Crippen molar-refractivity contribution in [2.75, 3.05) is 51.8 Å². The molecule has 1 unspecified atom stereocenters. The van der Waals surface area contributed by atoms with Crippen molar-refractivity contribution in [3.05, 3.63) is 34.6 Å². The lowest BCUT2D eigenvalue weighted by atomic mass is 9.99. The number of nitrogens with zero attached hydrogens (tertiary/aromatic N) is 4. The molecule has 35 heavy (non-hydrogen) atoms. The third-order valence-corrected chi connectivity index (χ3v) is 7.74. The third-order valence-electron chi connectivity index (χ3n) is 7.39. The average molecular weight is 504 g/mol. The van der Waals surface area contributed by atoms with Gasteiger partial charge in [0.05, 0.1) is 11.6 Å². The fourth-order valence-corrected chi connectivity index (χ4v) is 5.68. The van der Waals surface area contributed by atoms with Gasteiger partial charge in [0.15, 0.2) is 5.75 Å². The largest absolute Gasteiger partial charge is 0.507 e. The van der Waals surface area contributed by atoms with Crippen LogP contribution in [0.4, 0.5) is 10.2 Å². The number of carbonyl (C=O) groups is 1. The molecule has 188 valence electrons. The van der Waals surface area contributed by atoms with E-state index >= 15 is 0 Å². The minimum absolute atomic E-state index is 0.0199. The van der Waals surface area contributed by atoms with Crippen molar-refractivity contribution in [1.29, 1.82) is 0 Å². The van der Waals surface area contributed by atoms with Crippen molar-refractivity contribution in [1.82, 2.24) is 20.1 Å². The number of piperazine rings is 1. The molecule has 10 heteroatoms. The molecular formula is C25H31ClFN5O3. The van der Waals surface area contributed by atoms with Crippen molar-refractivity contribution < 1.29 is 19.0 Å². The van der Waals surface area contributed by atoms with Crippen LogP contribution in [0.25, 0.3) is 11.3 Å². The molecular weight excluding hydrogens is 473 g/mol. The van der Waals surface area contributed by atoms with Gasteiger partial charge in [0, 0.05) is 37.8 Å². The highest BCUT2D eigenvalue weighted by atomic mass is 35.5. The highest BCUT2D eigenvalue weighted by molar-refractivity contribution is 6.35. The molecule has 4 heterocycles. The lowest BCUT2D eigenvalue weighted by molar-refractivity contribution is 0.0606. The van der Waals surface area contributed by atoms with Crippen molar-refractivity contribution in [2.24, 2.45) is 0 Å². The summed E-state index contributed by atoms with van der Waals surface area (Å²) < 4.78 is 21.2. The van der Waals surface area contributed by atoms with E-state index in [1.165, 1.54) is 18.2 Å². The minimum Gasteiger partial charge on any atom is -0.507 e. The number of nitrogens with one attached hydrogen (secondary N) is 1. The number of likely N-dealkylation sites (N-methyl/N-ethyl adjacent to an activating group) is 1. The van der Waals surface area contributed by atoms with Gasteiger partial charge in [0.2, 0.25) is 0 Å². The zero-order valence-electron chi connectivity index (χ0n) is 20.4. The summed E-state index contributed by atoms with van der Waals surface area (Å²) in [5.41, 5.74) is -0.0900. The lowest BCUT2D eigenvalue weighted by Crippen LogP contribution is -2.55. The van der Waals surface area contributed by atoms with Gasteiger partial charge < -0.3 is 29.9 Å². The Labute approximate surface area is 209 Å². The zero-order chi connectivity index (χ0) is 25.1. The molecule has 2 saturated heterocycles. The molecule has 0 spiro atoms. The number of rotatable bonds is 3. The van der Waals surface area contributed by atoms with Crippen LogP contribution in [0, 0.1) is 5.82 Å². The fourth-order valence-electron chi connectivity index (χ4n) is 5.39. The molecule has 1 amide bonds. The summed E-state index contributed by atoms with van der Waals surface area (Å²) in [5, 5.41) is 13.9. The first-order chi connectivity index (χ1) is 16.6. The molecule has 0 aliphatic carbocycles. The van der Waals surface area contributed by atoms with E-state index < -0.39 is 5.82 Å². The minimum atomic E-state index is -0.654. The monoisotopic (exact) mass is 503 g/mol. The Kier molecular flexibility index (Phi) is 6.05. The Balaban J connectivity index is 1.76. The van der Waals surface area contributed by atoms with Gasteiger partial charge in [-0.25, -0.2) is 9.37 Å². The first kappa shape index (κ1) is 24.1. The predicted molar refractivity (Wildman–Crippen MR) is 133 cm³/mol. The molecule has 8 nitrogen and oxygen atoms in total. The SMILES string of the molecule is CN(C)C1CN(c2nc(-c3c(O)cccc3F)c(Cl)c3c2C(=O)N2CCNC[C@@H]2CO3)C(C)(C)C1. The number of amides is 1. The standard InChI is InChI=1S/C25H31ClFN5O3/c1-25(2)10-14(30(3)4)12-32(25)23-19-22(35-13-15-11-28-8-9-31(15)24(19)34)20(26)21(29-23)18-16(27)6-5-7-17(18)33/h5-7,14-15,28,33H,8-13H2,1-4H3/t14?,15-/m1/s1. The van der Waals surface area contributed by atoms with Gasteiger partial charge in [-0.15, -0.1) is 0 Å². The number of hydrogen-bond acceptors (Lipinski definition) is 7. The van der Waals surface area contributed by atoms with Crippen molar-refractivity contribution in [3.8, 4) is 22.8 Å². The first-order valence-electron chi connectivity index (χ1n) is 11.9. The normalized spacial score (nSPS) is 23.7. The van der Waals surface area contributed by atoms with E-state index in [9.17, 15) is 14.3 Å².